The van der Waals surface area contributed by atoms with Gasteiger partial charge in [-0.2, -0.15) is 13.2 Å². The summed E-state index contributed by atoms with van der Waals surface area (Å²) < 4.78 is 43.0. The summed E-state index contributed by atoms with van der Waals surface area (Å²) in [6.45, 7) is 9.80. The third-order valence-corrected chi connectivity index (χ3v) is 9.53. The fourth-order valence-corrected chi connectivity index (χ4v) is 6.54. The maximum atomic E-state index is 10.6. The smallest absolute Gasteiger partial charge is 0.490 e. The Bertz CT molecular complexity index is 2150. The molecule has 2 aromatic carbocycles. The SMILES string of the molecule is CCO.COc1c(C(C)N)cc(Cl)c(C)c1-c1cscn1.COc1c(C(C)Nc2ncnc3nc[nH]c23)cc(Cl)c(C)c1-c1cscn1.O=C(O)C(F)(F)F. The maximum Gasteiger partial charge on any atom is 0.490 e. The van der Waals surface area contributed by atoms with Crippen molar-refractivity contribution in [1.82, 2.24) is 29.9 Å². The molecule has 20 heteroatoms. The summed E-state index contributed by atoms with van der Waals surface area (Å²) in [6, 6.07) is 3.53. The normalized spacial score (nSPS) is 11.9. The molecule has 296 valence electrons. The van der Waals surface area contributed by atoms with Crippen molar-refractivity contribution in [3.63, 3.8) is 0 Å². The number of benzene rings is 2. The van der Waals surface area contributed by atoms with Gasteiger partial charge in [-0.15, -0.1) is 22.7 Å². The van der Waals surface area contributed by atoms with Crippen molar-refractivity contribution in [2.45, 2.75) is 52.9 Å². The van der Waals surface area contributed by atoms with Crippen LogP contribution in [0.4, 0.5) is 19.0 Å². The molecule has 0 amide bonds. The van der Waals surface area contributed by atoms with Crippen LogP contribution < -0.4 is 20.5 Å². The van der Waals surface area contributed by atoms with Crippen LogP contribution in [-0.4, -0.2) is 73.1 Å². The Balaban J connectivity index is 0.000000249. The number of imidazole rings is 1. The lowest BCUT2D eigenvalue weighted by atomic mass is 9.97. The molecule has 2 unspecified atom stereocenters. The number of thiazole rings is 2. The van der Waals surface area contributed by atoms with Gasteiger partial charge in [0.1, 0.15) is 23.3 Å². The van der Waals surface area contributed by atoms with Gasteiger partial charge in [-0.3, -0.25) is 0 Å². The second-order valence-corrected chi connectivity index (χ2v) is 13.6. The van der Waals surface area contributed by atoms with Crippen LogP contribution in [0, 0.1) is 13.8 Å². The number of hydrogen-bond acceptors (Lipinski definition) is 13. The molecule has 0 saturated heterocycles. The number of aromatic amines is 1. The number of hydrogen-bond donors (Lipinski definition) is 5. The van der Waals surface area contributed by atoms with Gasteiger partial charge in [0, 0.05) is 55.7 Å². The number of H-pyrrole nitrogens is 1. The van der Waals surface area contributed by atoms with Crippen molar-refractivity contribution in [3.8, 4) is 34.0 Å². The van der Waals surface area contributed by atoms with Crippen molar-refractivity contribution in [1.29, 1.82) is 0 Å². The molecule has 0 spiro atoms. The van der Waals surface area contributed by atoms with Crippen molar-refractivity contribution in [2.24, 2.45) is 5.73 Å². The molecule has 0 bridgehead atoms. The lowest BCUT2D eigenvalue weighted by Crippen LogP contribution is -2.21. The molecule has 0 aliphatic carbocycles. The first-order valence-electron chi connectivity index (χ1n) is 16.1. The van der Waals surface area contributed by atoms with Gasteiger partial charge in [-0.05, 0) is 57.9 Å². The molecule has 0 aliphatic heterocycles. The van der Waals surface area contributed by atoms with Crippen molar-refractivity contribution in [3.05, 3.63) is 78.9 Å². The Labute approximate surface area is 332 Å². The Hall–Kier alpha value is -4.59. The van der Waals surface area contributed by atoms with E-state index >= 15 is 0 Å². The quantitative estimate of drug-likeness (QED) is 0.0977. The topological polar surface area (TPSA) is 194 Å². The number of aliphatic hydroxyl groups is 1. The van der Waals surface area contributed by atoms with Crippen molar-refractivity contribution in [2.75, 3.05) is 26.1 Å². The van der Waals surface area contributed by atoms with E-state index in [0.29, 0.717) is 21.5 Å². The van der Waals surface area contributed by atoms with Gasteiger partial charge in [0.05, 0.1) is 49.0 Å². The van der Waals surface area contributed by atoms with E-state index in [1.54, 1.807) is 49.8 Å². The monoisotopic (exact) mass is 842 g/mol. The molecule has 0 radical (unpaired) electrons. The summed E-state index contributed by atoms with van der Waals surface area (Å²) in [5.74, 6) is -0.582. The number of fused-ring (bicyclic) bond motifs is 1. The molecule has 6 rings (SSSR count). The lowest BCUT2D eigenvalue weighted by molar-refractivity contribution is -0.192. The second-order valence-electron chi connectivity index (χ2n) is 11.3. The number of nitrogens with two attached hydrogens (primary N) is 1. The number of aliphatic hydroxyl groups excluding tert-OH is 1. The van der Waals surface area contributed by atoms with Gasteiger partial charge in [-0.1, -0.05) is 23.2 Å². The summed E-state index contributed by atoms with van der Waals surface area (Å²) in [4.78, 5) is 33.4. The van der Waals surface area contributed by atoms with Crippen LogP contribution >= 0.6 is 45.9 Å². The third-order valence-electron chi connectivity index (χ3n) is 7.57. The number of aliphatic carboxylic acids is 1. The van der Waals surface area contributed by atoms with Crippen LogP contribution in [0.5, 0.6) is 11.5 Å². The first-order valence-corrected chi connectivity index (χ1v) is 18.7. The Morgan fingerprint density at radius 2 is 1.40 bits per heavy atom. The van der Waals surface area contributed by atoms with E-state index in [2.05, 4.69) is 35.2 Å². The van der Waals surface area contributed by atoms with E-state index in [-0.39, 0.29) is 18.7 Å². The van der Waals surface area contributed by atoms with Gasteiger partial charge in [0.25, 0.3) is 0 Å². The molecule has 4 heterocycles. The van der Waals surface area contributed by atoms with Crippen LogP contribution in [0.1, 0.15) is 55.1 Å². The summed E-state index contributed by atoms with van der Waals surface area (Å²) >= 11 is 15.9. The minimum atomic E-state index is -5.08. The van der Waals surface area contributed by atoms with Gasteiger partial charge in [0.2, 0.25) is 0 Å². The lowest BCUT2D eigenvalue weighted by Gasteiger charge is -2.22. The number of nitrogens with one attached hydrogen (secondary N) is 2. The molecule has 0 saturated carbocycles. The molecule has 4 aromatic heterocycles. The van der Waals surface area contributed by atoms with Crippen molar-refractivity contribution < 1.29 is 37.7 Å². The fourth-order valence-electron chi connectivity index (χ4n) is 5.03. The number of carboxylic acid groups (broad SMARTS) is 1. The van der Waals surface area contributed by atoms with E-state index in [0.717, 1.165) is 61.8 Å². The summed E-state index contributed by atoms with van der Waals surface area (Å²) in [5.41, 5.74) is 18.2. The van der Waals surface area contributed by atoms with Crippen LogP contribution in [0.2, 0.25) is 10.0 Å². The molecule has 13 nitrogen and oxygen atoms in total. The molecule has 0 fully saturated rings. The minimum Gasteiger partial charge on any atom is -0.496 e. The number of halogens is 5. The number of aromatic nitrogens is 6. The average Bonchev–Trinajstić information content (AvgIpc) is 3.95. The number of alkyl halides is 3. The van der Waals surface area contributed by atoms with E-state index in [1.165, 1.54) is 17.7 Å². The number of methoxy groups -OCH3 is 2. The van der Waals surface area contributed by atoms with Gasteiger partial charge in [-0.25, -0.2) is 29.7 Å². The Morgan fingerprint density at radius 1 is 0.927 bits per heavy atom. The summed E-state index contributed by atoms with van der Waals surface area (Å²) in [5, 5.41) is 23.4. The predicted molar refractivity (Wildman–Crippen MR) is 210 cm³/mol. The van der Waals surface area contributed by atoms with Crippen LogP contribution in [0.25, 0.3) is 33.7 Å². The fraction of sp³-hybridized carbons (Fsp3) is 0.314. The molecular weight excluding hydrogens is 804 g/mol. The summed E-state index contributed by atoms with van der Waals surface area (Å²) in [6.07, 6.45) is -2.00. The van der Waals surface area contributed by atoms with Crippen LogP contribution in [0.15, 0.2) is 46.6 Å². The second kappa shape index (κ2) is 20.4. The van der Waals surface area contributed by atoms with Gasteiger partial charge in [0.15, 0.2) is 11.5 Å². The Kier molecular flexibility index (Phi) is 16.6. The number of carbonyl (C=O) groups is 1. The average molecular weight is 844 g/mol. The third kappa shape index (κ3) is 11.2. The van der Waals surface area contributed by atoms with E-state index < -0.39 is 12.1 Å². The maximum absolute atomic E-state index is 10.6. The highest BCUT2D eigenvalue weighted by molar-refractivity contribution is 7.08. The number of rotatable bonds is 8. The predicted octanol–water partition coefficient (Wildman–Crippen LogP) is 9.05. The first-order chi connectivity index (χ1) is 26.0. The van der Waals surface area contributed by atoms with E-state index in [1.807, 2.05) is 50.6 Å². The number of carboxylic acids is 1. The minimum absolute atomic E-state index is 0.128. The highest BCUT2D eigenvalue weighted by Gasteiger charge is 2.38. The van der Waals surface area contributed by atoms with E-state index in [4.69, 9.17) is 53.4 Å². The molecule has 6 N–H and O–H groups in total. The van der Waals surface area contributed by atoms with Crippen LogP contribution in [-0.2, 0) is 4.79 Å². The van der Waals surface area contributed by atoms with Crippen molar-refractivity contribution >= 4 is 68.8 Å². The molecular formula is C35H39Cl2F3N8O5S2. The molecule has 2 atom stereocenters. The molecule has 6 aromatic rings. The largest absolute Gasteiger partial charge is 0.496 e. The molecule has 0 aliphatic rings. The standard InChI is InChI=1S/C18H17ClN6OS.C13H15ClN2OS.C2HF3O2.C2H6O/c1-9-12(19)4-11(16(26-3)14(9)13-5-27-8-24-13)10(2)25-18-15-17(21-6-20-15)22-7-23-18;1-7-10(14)4-9(8(2)15)13(17-3)12(7)11-5-18-6-16-11;3-2(4,5)1(6)7;1-2-3/h4-8,10H,1-3H3,(H2,20,21,22,23,25);4-6,8H,15H2,1-3H3;(H,6,7);3H,2H2,1H3. The number of ether oxygens (including phenoxy) is 2. The molecule has 55 heavy (non-hydrogen) atoms. The van der Waals surface area contributed by atoms with Gasteiger partial charge < -0.3 is 35.7 Å². The van der Waals surface area contributed by atoms with Gasteiger partial charge >= 0.3 is 12.1 Å². The number of nitrogens with zero attached hydrogens (tertiary/aromatic N) is 5. The van der Waals surface area contributed by atoms with Crippen LogP contribution in [0.3, 0.4) is 0 Å². The number of anilines is 1. The summed E-state index contributed by atoms with van der Waals surface area (Å²) in [7, 11) is 3.30. The highest BCUT2D eigenvalue weighted by atomic mass is 35.5. The zero-order valence-electron chi connectivity index (χ0n) is 30.6. The highest BCUT2D eigenvalue weighted by Crippen LogP contribution is 2.43. The zero-order chi connectivity index (χ0) is 41.0. The van der Waals surface area contributed by atoms with E-state index in [9.17, 15) is 13.2 Å². The first kappa shape index (κ1) is 44.8. The Morgan fingerprint density at radius 3 is 1.82 bits per heavy atom. The zero-order valence-corrected chi connectivity index (χ0v) is 33.8.